The van der Waals surface area contributed by atoms with E-state index in [9.17, 15) is 4.79 Å². The summed E-state index contributed by atoms with van der Waals surface area (Å²) in [6.45, 7) is 4.00. The zero-order valence-electron chi connectivity index (χ0n) is 7.79. The first-order valence-corrected chi connectivity index (χ1v) is 4.10. The van der Waals surface area contributed by atoms with Crippen molar-refractivity contribution >= 4 is 12.0 Å². The maximum Gasteiger partial charge on any atom is 0.150 e. The van der Waals surface area contributed by atoms with Gasteiger partial charge in [0.1, 0.15) is 6.29 Å². The van der Waals surface area contributed by atoms with Gasteiger partial charge in [-0.1, -0.05) is 13.8 Å². The van der Waals surface area contributed by atoms with Crippen LogP contribution in [0.2, 0.25) is 0 Å². The third kappa shape index (κ3) is 3.19. The normalized spacial score (nSPS) is 7.92. The molecular formula is C10H17NO. The van der Waals surface area contributed by atoms with Gasteiger partial charge in [0.25, 0.3) is 0 Å². The minimum atomic E-state index is 0. The molecule has 0 radical (unpaired) electrons. The molecule has 0 amide bonds. The van der Waals surface area contributed by atoms with Crippen molar-refractivity contribution in [2.45, 2.75) is 13.8 Å². The third-order valence-corrected chi connectivity index (χ3v) is 1.34. The molecule has 68 valence electrons. The smallest absolute Gasteiger partial charge is 0.150 e. The van der Waals surface area contributed by atoms with Gasteiger partial charge in [-0.05, 0) is 24.3 Å². The highest BCUT2D eigenvalue weighted by Gasteiger charge is 1.87. The molecule has 0 aliphatic heterocycles. The fourth-order valence-electron chi connectivity index (χ4n) is 0.728. The summed E-state index contributed by atoms with van der Waals surface area (Å²) in [6, 6.07) is 7.28. The summed E-state index contributed by atoms with van der Waals surface area (Å²) in [5.74, 6) is 0. The molecule has 0 aliphatic carbocycles. The first kappa shape index (κ1) is 10.7. The summed E-state index contributed by atoms with van der Waals surface area (Å²) in [7, 11) is 1.84. The van der Waals surface area contributed by atoms with Crippen LogP contribution in [-0.4, -0.2) is 13.3 Å². The van der Waals surface area contributed by atoms with Crippen molar-refractivity contribution in [3.05, 3.63) is 29.8 Å². The summed E-state index contributed by atoms with van der Waals surface area (Å²) < 4.78 is 0. The molecular weight excluding hydrogens is 150 g/mol. The number of aldehydes is 1. The Kier molecular flexibility index (Phi) is 5.70. The Morgan fingerprint density at radius 3 is 2.08 bits per heavy atom. The molecule has 0 heterocycles. The van der Waals surface area contributed by atoms with E-state index >= 15 is 0 Å². The zero-order valence-corrected chi connectivity index (χ0v) is 7.79. The summed E-state index contributed by atoms with van der Waals surface area (Å²) in [5, 5.41) is 2.96. The predicted molar refractivity (Wildman–Crippen MR) is 54.8 cm³/mol. The van der Waals surface area contributed by atoms with Crippen LogP contribution in [0.1, 0.15) is 25.6 Å². The van der Waals surface area contributed by atoms with Gasteiger partial charge < -0.3 is 5.32 Å². The van der Waals surface area contributed by atoms with Gasteiger partial charge in [0.2, 0.25) is 0 Å². The van der Waals surface area contributed by atoms with Gasteiger partial charge >= 0.3 is 0 Å². The number of hydrogen-bond donors (Lipinski definition) is 1. The molecule has 0 bridgehead atoms. The van der Waals surface area contributed by atoms with Crippen molar-refractivity contribution in [3.63, 3.8) is 0 Å². The van der Waals surface area contributed by atoms with Crippen molar-refractivity contribution in [2.75, 3.05) is 12.4 Å². The van der Waals surface area contributed by atoms with E-state index in [1.807, 2.05) is 33.0 Å². The Hall–Kier alpha value is -1.31. The number of benzene rings is 1. The van der Waals surface area contributed by atoms with Crippen LogP contribution in [0.15, 0.2) is 24.3 Å². The highest BCUT2D eigenvalue weighted by molar-refractivity contribution is 5.75. The average Bonchev–Trinajstić information content (AvgIpc) is 2.21. The lowest BCUT2D eigenvalue weighted by atomic mass is 10.2. The Balaban J connectivity index is 0. The van der Waals surface area contributed by atoms with Crippen LogP contribution in [0.5, 0.6) is 0 Å². The maximum atomic E-state index is 10.2. The average molecular weight is 167 g/mol. The fraction of sp³-hybridized carbons (Fsp3) is 0.300. The van der Waals surface area contributed by atoms with E-state index in [0.717, 1.165) is 12.0 Å². The quantitative estimate of drug-likeness (QED) is 0.686. The molecule has 2 nitrogen and oxygen atoms in total. The minimum absolute atomic E-state index is 0. The van der Waals surface area contributed by atoms with Crippen LogP contribution in [0.4, 0.5) is 5.69 Å². The Morgan fingerprint density at radius 1 is 1.25 bits per heavy atom. The summed E-state index contributed by atoms with van der Waals surface area (Å²) >= 11 is 0. The monoisotopic (exact) mass is 167 g/mol. The number of rotatable bonds is 2. The zero-order chi connectivity index (χ0) is 9.40. The lowest BCUT2D eigenvalue weighted by Crippen LogP contribution is -1.87. The molecule has 0 spiro atoms. The molecule has 1 aromatic rings. The van der Waals surface area contributed by atoms with Gasteiger partial charge in [0.05, 0.1) is 0 Å². The van der Waals surface area contributed by atoms with Crippen LogP contribution >= 0.6 is 0 Å². The van der Waals surface area contributed by atoms with Crippen LogP contribution in [0.3, 0.4) is 0 Å². The molecule has 1 N–H and O–H groups in total. The molecule has 2 heteroatoms. The topological polar surface area (TPSA) is 29.1 Å². The van der Waals surface area contributed by atoms with E-state index in [-0.39, 0.29) is 1.43 Å². The number of hydrogen-bond acceptors (Lipinski definition) is 2. The van der Waals surface area contributed by atoms with Gasteiger partial charge in [0, 0.05) is 19.7 Å². The van der Waals surface area contributed by atoms with Crippen molar-refractivity contribution in [1.29, 1.82) is 0 Å². The lowest BCUT2D eigenvalue weighted by Gasteiger charge is -1.97. The maximum absolute atomic E-state index is 10.2. The van der Waals surface area contributed by atoms with Crippen molar-refractivity contribution in [1.82, 2.24) is 0 Å². The molecule has 0 aromatic heterocycles. The van der Waals surface area contributed by atoms with Crippen LogP contribution in [0.25, 0.3) is 0 Å². The van der Waals surface area contributed by atoms with E-state index in [1.165, 1.54) is 0 Å². The second kappa shape index (κ2) is 6.40. The molecule has 1 rings (SSSR count). The first-order valence-electron chi connectivity index (χ1n) is 4.10. The fourth-order valence-corrected chi connectivity index (χ4v) is 0.728. The summed E-state index contributed by atoms with van der Waals surface area (Å²) in [6.07, 6.45) is 0.833. The van der Waals surface area contributed by atoms with Gasteiger partial charge in [-0.15, -0.1) is 0 Å². The predicted octanol–water partition coefficient (Wildman–Crippen LogP) is 2.81. The standard InChI is InChI=1S/C8H9NO.C2H6.H2/c1-9-8-4-2-7(6-10)3-5-8;1-2;/h2-6,9H,1H3;1-2H3;1H. The van der Waals surface area contributed by atoms with Gasteiger partial charge in [-0.25, -0.2) is 0 Å². The number of nitrogens with one attached hydrogen (secondary N) is 1. The molecule has 0 fully saturated rings. The van der Waals surface area contributed by atoms with Crippen molar-refractivity contribution in [3.8, 4) is 0 Å². The largest absolute Gasteiger partial charge is 0.388 e. The molecule has 0 aliphatic rings. The number of carbonyl (C=O) groups excluding carboxylic acids is 1. The highest BCUT2D eigenvalue weighted by atomic mass is 16.1. The SMILES string of the molecule is CC.CNc1ccc(C=O)cc1.[HH]. The minimum Gasteiger partial charge on any atom is -0.388 e. The molecule has 12 heavy (non-hydrogen) atoms. The second-order valence-electron chi connectivity index (χ2n) is 1.99. The number of anilines is 1. The van der Waals surface area contributed by atoms with Crippen LogP contribution in [-0.2, 0) is 0 Å². The van der Waals surface area contributed by atoms with Gasteiger partial charge in [-0.3, -0.25) is 4.79 Å². The molecule has 0 saturated carbocycles. The van der Waals surface area contributed by atoms with Gasteiger partial charge in [-0.2, -0.15) is 0 Å². The Bertz CT molecular complexity index is 221. The number of carbonyl (C=O) groups is 1. The second-order valence-corrected chi connectivity index (χ2v) is 1.99. The third-order valence-electron chi connectivity index (χ3n) is 1.34. The summed E-state index contributed by atoms with van der Waals surface area (Å²) in [4.78, 5) is 10.2. The van der Waals surface area contributed by atoms with E-state index in [2.05, 4.69) is 5.32 Å². The first-order chi connectivity index (χ1) is 5.86. The lowest BCUT2D eigenvalue weighted by molar-refractivity contribution is 0.112. The van der Waals surface area contributed by atoms with Crippen molar-refractivity contribution < 1.29 is 6.22 Å². The van der Waals surface area contributed by atoms with Crippen LogP contribution < -0.4 is 5.32 Å². The van der Waals surface area contributed by atoms with Crippen LogP contribution in [0, 0.1) is 0 Å². The molecule has 0 unspecified atom stereocenters. The van der Waals surface area contributed by atoms with Gasteiger partial charge in [0.15, 0.2) is 0 Å². The Labute approximate surface area is 75.1 Å². The van der Waals surface area contributed by atoms with E-state index in [0.29, 0.717) is 5.56 Å². The Morgan fingerprint density at radius 2 is 1.75 bits per heavy atom. The highest BCUT2D eigenvalue weighted by Crippen LogP contribution is 2.05. The molecule has 0 atom stereocenters. The van der Waals surface area contributed by atoms with E-state index < -0.39 is 0 Å². The van der Waals surface area contributed by atoms with E-state index in [4.69, 9.17) is 0 Å². The van der Waals surface area contributed by atoms with Crippen molar-refractivity contribution in [2.24, 2.45) is 0 Å². The molecule has 1 aromatic carbocycles. The summed E-state index contributed by atoms with van der Waals surface area (Å²) in [5.41, 5.74) is 1.73. The molecule has 0 saturated heterocycles. The van der Waals surface area contributed by atoms with E-state index in [1.54, 1.807) is 12.1 Å².